The van der Waals surface area contributed by atoms with Crippen LogP contribution in [0.4, 0.5) is 22.0 Å². The molecule has 2 fully saturated rings. The number of aromatic nitrogens is 4. The summed E-state index contributed by atoms with van der Waals surface area (Å²) in [5.41, 5.74) is 0.701. The van der Waals surface area contributed by atoms with Crippen molar-refractivity contribution in [1.82, 2.24) is 19.5 Å². The molecule has 1 aliphatic carbocycles. The van der Waals surface area contributed by atoms with Crippen LogP contribution < -0.4 is 10.6 Å². The molecule has 210 valence electrons. The third kappa shape index (κ3) is 5.78. The summed E-state index contributed by atoms with van der Waals surface area (Å²) in [5, 5.41) is 6.88. The molecule has 1 aromatic carbocycles. The lowest BCUT2D eigenvalue weighted by molar-refractivity contribution is -0.156. The smallest absolute Gasteiger partial charge is 0.311 e. The van der Waals surface area contributed by atoms with E-state index in [1.807, 2.05) is 18.4 Å². The van der Waals surface area contributed by atoms with Crippen molar-refractivity contribution in [2.75, 3.05) is 30.5 Å². The van der Waals surface area contributed by atoms with Gasteiger partial charge >= 0.3 is 5.97 Å². The molecular formula is C27H33Cl2FN6O3. The summed E-state index contributed by atoms with van der Waals surface area (Å²) in [4.78, 5) is 26.7. The average Bonchev–Trinajstić information content (AvgIpc) is 3.25. The van der Waals surface area contributed by atoms with Crippen LogP contribution in [0.3, 0.4) is 0 Å². The zero-order chi connectivity index (χ0) is 27.7. The maximum absolute atomic E-state index is 14.9. The number of halogens is 3. The number of esters is 1. The van der Waals surface area contributed by atoms with E-state index in [-0.39, 0.29) is 33.8 Å². The van der Waals surface area contributed by atoms with Gasteiger partial charge < -0.3 is 20.1 Å². The van der Waals surface area contributed by atoms with Crippen LogP contribution >= 0.6 is 23.2 Å². The van der Waals surface area contributed by atoms with Gasteiger partial charge in [-0.3, -0.25) is 9.36 Å². The van der Waals surface area contributed by atoms with Crippen LogP contribution in [0.15, 0.2) is 18.3 Å². The van der Waals surface area contributed by atoms with Gasteiger partial charge in [-0.05, 0) is 64.0 Å². The lowest BCUT2D eigenvalue weighted by Gasteiger charge is -2.36. The van der Waals surface area contributed by atoms with Gasteiger partial charge in [-0.2, -0.15) is 4.98 Å². The fourth-order valence-corrected chi connectivity index (χ4v) is 5.95. The lowest BCUT2D eigenvalue weighted by Crippen LogP contribution is -2.36. The van der Waals surface area contributed by atoms with Gasteiger partial charge in [0, 0.05) is 23.7 Å². The molecule has 2 aromatic heterocycles. The number of fused-ring (bicyclic) bond motifs is 1. The first-order valence-corrected chi connectivity index (χ1v) is 14.1. The van der Waals surface area contributed by atoms with Gasteiger partial charge in [-0.1, -0.05) is 30.1 Å². The number of hydrogen-bond acceptors (Lipinski definition) is 8. The van der Waals surface area contributed by atoms with Crippen LogP contribution in [0.5, 0.6) is 0 Å². The molecule has 5 rings (SSSR count). The molecule has 3 heterocycles. The Morgan fingerprint density at radius 3 is 2.72 bits per heavy atom. The number of nitrogens with zero attached hydrogens (tertiary/aromatic N) is 4. The van der Waals surface area contributed by atoms with Gasteiger partial charge in [0.2, 0.25) is 11.9 Å². The van der Waals surface area contributed by atoms with E-state index >= 15 is 0 Å². The van der Waals surface area contributed by atoms with Crippen molar-refractivity contribution in [3.8, 4) is 0 Å². The molecule has 0 amide bonds. The summed E-state index contributed by atoms with van der Waals surface area (Å²) in [7, 11) is 0. The standard InChI is InChI=1S/C27H33Cl2FN6O3/c1-4-39-24(37)27(3)8-5-17(6-9-27)36-23-21(13-31-25(35-23)32-20-7-10-38-14-15(20)2)33-26(36)34-22-18(29)11-16(28)12-19(22)30/h11-13,15,17,20H,4-10,14H2,1-3H3,(H,33,34)(H,31,32,35)/t15-,17?,20-,27?/m1/s1. The van der Waals surface area contributed by atoms with E-state index in [1.165, 1.54) is 12.1 Å². The first-order chi connectivity index (χ1) is 18.7. The molecule has 1 aliphatic heterocycles. The third-order valence-corrected chi connectivity index (χ3v) is 8.34. The van der Waals surface area contributed by atoms with Crippen LogP contribution in [-0.4, -0.2) is 51.4 Å². The molecule has 2 atom stereocenters. The summed E-state index contributed by atoms with van der Waals surface area (Å²) in [6.07, 6.45) is 5.19. The quantitative estimate of drug-likeness (QED) is 0.305. The normalized spacial score (nSPS) is 25.4. The molecule has 0 bridgehead atoms. The molecule has 2 N–H and O–H groups in total. The minimum Gasteiger partial charge on any atom is -0.466 e. The van der Waals surface area contributed by atoms with E-state index in [1.54, 1.807) is 6.20 Å². The molecule has 2 aliphatic rings. The summed E-state index contributed by atoms with van der Waals surface area (Å²) in [6, 6.07) is 2.82. The molecule has 39 heavy (non-hydrogen) atoms. The highest BCUT2D eigenvalue weighted by Gasteiger charge is 2.40. The average molecular weight is 580 g/mol. The predicted molar refractivity (Wildman–Crippen MR) is 149 cm³/mol. The third-order valence-electron chi connectivity index (χ3n) is 7.82. The summed E-state index contributed by atoms with van der Waals surface area (Å²) in [5.74, 6) is 0.438. The fraction of sp³-hybridized carbons (Fsp3) is 0.556. The van der Waals surface area contributed by atoms with Crippen molar-refractivity contribution >= 4 is 57.9 Å². The number of nitrogens with one attached hydrogen (secondary N) is 2. The molecule has 0 spiro atoms. The fourth-order valence-electron chi connectivity index (χ4n) is 5.44. The Morgan fingerprint density at radius 2 is 2.03 bits per heavy atom. The van der Waals surface area contributed by atoms with Gasteiger partial charge in [0.05, 0.1) is 35.5 Å². The highest BCUT2D eigenvalue weighted by atomic mass is 35.5. The number of anilines is 3. The van der Waals surface area contributed by atoms with Gasteiger partial charge in [0.15, 0.2) is 5.65 Å². The number of carbonyl (C=O) groups excluding carboxylic acids is 1. The lowest BCUT2D eigenvalue weighted by atomic mass is 9.74. The summed E-state index contributed by atoms with van der Waals surface area (Å²) >= 11 is 12.3. The zero-order valence-electron chi connectivity index (χ0n) is 22.3. The van der Waals surface area contributed by atoms with Crippen molar-refractivity contribution in [2.45, 2.75) is 65.0 Å². The van der Waals surface area contributed by atoms with E-state index < -0.39 is 11.2 Å². The zero-order valence-corrected chi connectivity index (χ0v) is 23.8. The number of rotatable bonds is 7. The second-order valence-corrected chi connectivity index (χ2v) is 11.5. The minimum absolute atomic E-state index is 0.0427. The molecule has 3 aromatic rings. The Labute approximate surface area is 236 Å². The second kappa shape index (κ2) is 11.4. The highest BCUT2D eigenvalue weighted by molar-refractivity contribution is 6.36. The van der Waals surface area contributed by atoms with Crippen LogP contribution in [-0.2, 0) is 14.3 Å². The van der Waals surface area contributed by atoms with Gasteiger partial charge in [-0.25, -0.2) is 14.4 Å². The SMILES string of the molecule is CCOC(=O)C1(C)CCC(n2c(Nc3c(F)cc(Cl)cc3Cl)nc3cnc(N[C@@H]4CCOC[C@H]4C)nc32)CC1. The Morgan fingerprint density at radius 1 is 1.26 bits per heavy atom. The number of carbonyl (C=O) groups is 1. The van der Waals surface area contributed by atoms with Crippen LogP contribution in [0.2, 0.25) is 10.0 Å². The molecule has 9 nitrogen and oxygen atoms in total. The largest absolute Gasteiger partial charge is 0.466 e. The number of imidazole rings is 1. The van der Waals surface area contributed by atoms with Crippen LogP contribution in [0, 0.1) is 17.2 Å². The van der Waals surface area contributed by atoms with E-state index in [2.05, 4.69) is 22.5 Å². The number of benzene rings is 1. The first kappa shape index (κ1) is 27.9. The number of hydrogen-bond donors (Lipinski definition) is 2. The Bertz CT molecular complexity index is 1340. The van der Waals surface area contributed by atoms with Crippen molar-refractivity contribution in [3.63, 3.8) is 0 Å². The Kier molecular flexibility index (Phi) is 8.16. The van der Waals surface area contributed by atoms with Crippen molar-refractivity contribution in [1.29, 1.82) is 0 Å². The monoisotopic (exact) mass is 578 g/mol. The molecule has 0 radical (unpaired) electrons. The van der Waals surface area contributed by atoms with Gasteiger partial charge in [0.1, 0.15) is 11.3 Å². The van der Waals surface area contributed by atoms with Crippen LogP contribution in [0.25, 0.3) is 11.2 Å². The van der Waals surface area contributed by atoms with E-state index in [0.29, 0.717) is 74.5 Å². The van der Waals surface area contributed by atoms with E-state index in [9.17, 15) is 9.18 Å². The van der Waals surface area contributed by atoms with Gasteiger partial charge in [-0.15, -0.1) is 0 Å². The first-order valence-electron chi connectivity index (χ1n) is 13.4. The summed E-state index contributed by atoms with van der Waals surface area (Å²) < 4.78 is 27.8. The summed E-state index contributed by atoms with van der Waals surface area (Å²) in [6.45, 7) is 7.62. The maximum Gasteiger partial charge on any atom is 0.311 e. The molecule has 12 heteroatoms. The topological polar surface area (TPSA) is 103 Å². The molecular weight excluding hydrogens is 546 g/mol. The van der Waals surface area contributed by atoms with E-state index in [4.69, 9.17) is 42.6 Å². The Hall–Kier alpha value is -2.69. The number of ether oxygens (including phenoxy) is 2. The second-order valence-electron chi connectivity index (χ2n) is 10.7. The predicted octanol–water partition coefficient (Wildman–Crippen LogP) is 6.54. The Balaban J connectivity index is 1.51. The van der Waals surface area contributed by atoms with Crippen molar-refractivity contribution < 1.29 is 18.7 Å². The highest BCUT2D eigenvalue weighted by Crippen LogP contribution is 2.44. The van der Waals surface area contributed by atoms with Crippen molar-refractivity contribution in [3.05, 3.63) is 34.2 Å². The minimum atomic E-state index is -0.591. The maximum atomic E-state index is 14.9. The van der Waals surface area contributed by atoms with Gasteiger partial charge in [0.25, 0.3) is 0 Å². The molecule has 1 saturated carbocycles. The van der Waals surface area contributed by atoms with Crippen LogP contribution in [0.1, 0.15) is 58.9 Å². The van der Waals surface area contributed by atoms with E-state index in [0.717, 1.165) is 6.42 Å². The molecule has 1 saturated heterocycles. The molecule has 0 unspecified atom stereocenters. The van der Waals surface area contributed by atoms with Crippen molar-refractivity contribution in [2.24, 2.45) is 11.3 Å².